The van der Waals surface area contributed by atoms with Crippen molar-refractivity contribution in [1.29, 1.82) is 0 Å². The van der Waals surface area contributed by atoms with Crippen molar-refractivity contribution in [2.75, 3.05) is 0 Å². The predicted molar refractivity (Wildman–Crippen MR) is 131 cm³/mol. The van der Waals surface area contributed by atoms with Gasteiger partial charge in [0.25, 0.3) is 0 Å². The zero-order valence-corrected chi connectivity index (χ0v) is 20.9. The van der Waals surface area contributed by atoms with Crippen molar-refractivity contribution in [3.05, 3.63) is 71.3 Å². The second-order valence-electron chi connectivity index (χ2n) is 9.79. The van der Waals surface area contributed by atoms with Crippen molar-refractivity contribution in [3.8, 4) is 0 Å². The first-order chi connectivity index (χ1) is 16.9. The molecule has 1 aliphatic heterocycles. The number of alkyl carbamates (subject to hydrolysis) is 1. The van der Waals surface area contributed by atoms with Gasteiger partial charge in [0.1, 0.15) is 17.7 Å². The number of nitrogens with zero attached hydrogens (tertiary/aromatic N) is 1. The normalized spacial score (nSPS) is 16.8. The van der Waals surface area contributed by atoms with Crippen LogP contribution in [0.25, 0.3) is 0 Å². The SMILES string of the molecule is C[C@@H](OC(=O)c1ccccc1)[C@H](NC(=O)OC(C)(C)C)C(=O)N1Cc2ccccc2C[C@@H]1CC(=O)O. The maximum Gasteiger partial charge on any atom is 0.408 e. The number of nitrogens with one attached hydrogen (secondary N) is 1. The fourth-order valence-corrected chi connectivity index (χ4v) is 4.10. The highest BCUT2D eigenvalue weighted by atomic mass is 16.6. The molecule has 2 aromatic carbocycles. The predicted octanol–water partition coefficient (Wildman–Crippen LogP) is 3.55. The third kappa shape index (κ3) is 7.07. The van der Waals surface area contributed by atoms with Crippen LogP contribution in [0.4, 0.5) is 4.79 Å². The van der Waals surface area contributed by atoms with Crippen molar-refractivity contribution < 1.29 is 33.8 Å². The van der Waals surface area contributed by atoms with E-state index in [2.05, 4.69) is 5.32 Å². The molecule has 9 heteroatoms. The van der Waals surface area contributed by atoms with E-state index in [0.29, 0.717) is 12.0 Å². The number of esters is 1. The first-order valence-electron chi connectivity index (χ1n) is 11.8. The van der Waals surface area contributed by atoms with Gasteiger partial charge in [0.2, 0.25) is 5.91 Å². The van der Waals surface area contributed by atoms with Gasteiger partial charge in [0, 0.05) is 12.6 Å². The standard InChI is InChI=1S/C27H32N2O7/c1-17(35-25(33)18-10-6-5-7-11-18)23(28-26(34)36-27(2,3)4)24(32)29-16-20-13-9-8-12-19(20)14-21(29)15-22(30)31/h5-13,17,21,23H,14-16H2,1-4H3,(H,28,34)(H,30,31)/t17-,21-,23+/m1/s1. The topological polar surface area (TPSA) is 122 Å². The average Bonchev–Trinajstić information content (AvgIpc) is 2.80. The second-order valence-corrected chi connectivity index (χ2v) is 9.79. The number of hydrogen-bond acceptors (Lipinski definition) is 6. The Bertz CT molecular complexity index is 1110. The van der Waals surface area contributed by atoms with Crippen LogP contribution in [-0.2, 0) is 32.0 Å². The molecule has 0 saturated carbocycles. The summed E-state index contributed by atoms with van der Waals surface area (Å²) in [6.07, 6.45) is -1.83. The fourth-order valence-electron chi connectivity index (χ4n) is 4.10. The van der Waals surface area contributed by atoms with Crippen LogP contribution in [0.3, 0.4) is 0 Å². The monoisotopic (exact) mass is 496 g/mol. The van der Waals surface area contributed by atoms with Gasteiger partial charge in [-0.25, -0.2) is 9.59 Å². The lowest BCUT2D eigenvalue weighted by molar-refractivity contribution is -0.144. The lowest BCUT2D eigenvalue weighted by Crippen LogP contribution is -2.58. The summed E-state index contributed by atoms with van der Waals surface area (Å²) in [4.78, 5) is 52.2. The van der Waals surface area contributed by atoms with Gasteiger partial charge in [-0.1, -0.05) is 42.5 Å². The van der Waals surface area contributed by atoms with Crippen LogP contribution in [0.1, 0.15) is 55.6 Å². The van der Waals surface area contributed by atoms with E-state index in [9.17, 15) is 24.3 Å². The summed E-state index contributed by atoms with van der Waals surface area (Å²) < 4.78 is 10.9. The molecule has 3 atom stereocenters. The smallest absolute Gasteiger partial charge is 0.408 e. The number of carboxylic acid groups (broad SMARTS) is 1. The fraction of sp³-hybridized carbons (Fsp3) is 0.407. The van der Waals surface area contributed by atoms with Crippen molar-refractivity contribution in [1.82, 2.24) is 10.2 Å². The summed E-state index contributed by atoms with van der Waals surface area (Å²) >= 11 is 0. The summed E-state index contributed by atoms with van der Waals surface area (Å²) in [6.45, 7) is 6.73. The van der Waals surface area contributed by atoms with Gasteiger partial charge >= 0.3 is 18.0 Å². The number of aliphatic carboxylic acids is 1. The number of fused-ring (bicyclic) bond motifs is 1. The van der Waals surface area contributed by atoms with Crippen LogP contribution in [0, 0.1) is 0 Å². The molecule has 0 spiro atoms. The number of benzene rings is 2. The van der Waals surface area contributed by atoms with Crippen LogP contribution in [0.5, 0.6) is 0 Å². The minimum atomic E-state index is -1.30. The number of amides is 2. The summed E-state index contributed by atoms with van der Waals surface area (Å²) in [7, 11) is 0. The number of carboxylic acids is 1. The summed E-state index contributed by atoms with van der Waals surface area (Å²) in [6, 6.07) is 13.9. The number of rotatable bonds is 7. The van der Waals surface area contributed by atoms with Gasteiger partial charge in [0.05, 0.1) is 12.0 Å². The van der Waals surface area contributed by atoms with Gasteiger partial charge in [-0.2, -0.15) is 0 Å². The van der Waals surface area contributed by atoms with E-state index in [0.717, 1.165) is 11.1 Å². The molecule has 0 aliphatic carbocycles. The Morgan fingerprint density at radius 1 is 1.03 bits per heavy atom. The molecule has 192 valence electrons. The Morgan fingerprint density at radius 2 is 1.64 bits per heavy atom. The highest BCUT2D eigenvalue weighted by Crippen LogP contribution is 2.26. The zero-order chi connectivity index (χ0) is 26.5. The first kappa shape index (κ1) is 26.7. The Balaban J connectivity index is 1.89. The molecule has 36 heavy (non-hydrogen) atoms. The van der Waals surface area contributed by atoms with Gasteiger partial charge < -0.3 is 24.8 Å². The molecule has 0 fully saturated rings. The number of carbonyl (C=O) groups excluding carboxylic acids is 3. The molecule has 2 N–H and O–H groups in total. The molecule has 1 heterocycles. The van der Waals surface area contributed by atoms with Crippen molar-refractivity contribution in [3.63, 3.8) is 0 Å². The van der Waals surface area contributed by atoms with E-state index in [1.165, 1.54) is 11.8 Å². The quantitative estimate of drug-likeness (QED) is 0.562. The van der Waals surface area contributed by atoms with Crippen LogP contribution in [0.15, 0.2) is 54.6 Å². The van der Waals surface area contributed by atoms with Crippen LogP contribution in [-0.4, -0.2) is 57.7 Å². The summed E-state index contributed by atoms with van der Waals surface area (Å²) in [5.41, 5.74) is 1.33. The van der Waals surface area contributed by atoms with Crippen LogP contribution < -0.4 is 5.32 Å². The Kier molecular flexibility index (Phi) is 8.34. The van der Waals surface area contributed by atoms with Gasteiger partial charge in [-0.05, 0) is 57.4 Å². The Labute approximate surface area is 210 Å². The lowest BCUT2D eigenvalue weighted by Gasteiger charge is -2.39. The molecule has 3 rings (SSSR count). The maximum absolute atomic E-state index is 13.8. The molecule has 9 nitrogen and oxygen atoms in total. The van der Waals surface area contributed by atoms with E-state index in [-0.39, 0.29) is 13.0 Å². The number of carbonyl (C=O) groups is 4. The van der Waals surface area contributed by atoms with Crippen molar-refractivity contribution in [2.24, 2.45) is 0 Å². The number of hydrogen-bond donors (Lipinski definition) is 2. The highest BCUT2D eigenvalue weighted by molar-refractivity contribution is 5.91. The third-order valence-corrected chi connectivity index (χ3v) is 5.76. The largest absolute Gasteiger partial charge is 0.481 e. The van der Waals surface area contributed by atoms with E-state index in [4.69, 9.17) is 9.47 Å². The molecule has 0 unspecified atom stereocenters. The summed E-state index contributed by atoms with van der Waals surface area (Å²) in [5.74, 6) is -2.26. The molecule has 2 amide bonds. The van der Waals surface area contributed by atoms with E-state index in [1.54, 1.807) is 51.1 Å². The average molecular weight is 497 g/mol. The molecule has 0 saturated heterocycles. The molecular weight excluding hydrogens is 464 g/mol. The van der Waals surface area contributed by atoms with Crippen molar-refractivity contribution >= 4 is 23.9 Å². The Hall–Kier alpha value is -3.88. The number of ether oxygens (including phenoxy) is 2. The van der Waals surface area contributed by atoms with Crippen molar-refractivity contribution in [2.45, 2.75) is 70.9 Å². The van der Waals surface area contributed by atoms with Gasteiger partial charge in [-0.3, -0.25) is 9.59 Å². The second kappa shape index (κ2) is 11.2. The molecule has 2 aromatic rings. The molecule has 1 aliphatic rings. The van der Waals surface area contributed by atoms with E-state index < -0.39 is 47.7 Å². The zero-order valence-electron chi connectivity index (χ0n) is 20.9. The molecule has 0 radical (unpaired) electrons. The van der Waals surface area contributed by atoms with Crippen LogP contribution in [0.2, 0.25) is 0 Å². The molecule has 0 bridgehead atoms. The molecular formula is C27H32N2O7. The minimum Gasteiger partial charge on any atom is -0.481 e. The third-order valence-electron chi connectivity index (χ3n) is 5.76. The van der Waals surface area contributed by atoms with Gasteiger partial charge in [-0.15, -0.1) is 0 Å². The maximum atomic E-state index is 13.8. The molecule has 0 aromatic heterocycles. The summed E-state index contributed by atoms with van der Waals surface area (Å²) in [5, 5.41) is 12.0. The minimum absolute atomic E-state index is 0.165. The van der Waals surface area contributed by atoms with Gasteiger partial charge in [0.15, 0.2) is 0 Å². The van der Waals surface area contributed by atoms with Crippen LogP contribution >= 0.6 is 0 Å². The lowest BCUT2D eigenvalue weighted by atomic mass is 9.91. The van der Waals surface area contributed by atoms with E-state index in [1.807, 2.05) is 24.3 Å². The highest BCUT2D eigenvalue weighted by Gasteiger charge is 2.39. The first-order valence-corrected chi connectivity index (χ1v) is 11.8. The van der Waals surface area contributed by atoms with E-state index >= 15 is 0 Å². The Morgan fingerprint density at radius 3 is 2.25 bits per heavy atom.